The molecule has 2 aliphatic rings. The number of piperidine rings is 1. The molecule has 1 aromatic carbocycles. The molecule has 1 heterocycles. The van der Waals surface area contributed by atoms with E-state index in [1.54, 1.807) is 33.1 Å². The lowest BCUT2D eigenvalue weighted by molar-refractivity contribution is -0.122. The van der Waals surface area contributed by atoms with Crippen molar-refractivity contribution in [2.24, 2.45) is 5.92 Å². The van der Waals surface area contributed by atoms with Gasteiger partial charge in [-0.2, -0.15) is 0 Å². The number of methoxy groups -OCH3 is 1. The third kappa shape index (κ3) is 7.91. The summed E-state index contributed by atoms with van der Waals surface area (Å²) in [5.74, 6) is 1.28. The third-order valence-electron chi connectivity index (χ3n) is 7.91. The van der Waals surface area contributed by atoms with Gasteiger partial charge in [-0.05, 0) is 115 Å². The second kappa shape index (κ2) is 13.2. The largest absolute Gasteiger partial charge is 0.497 e. The third-order valence-corrected chi connectivity index (χ3v) is 10.1. The summed E-state index contributed by atoms with van der Waals surface area (Å²) in [4.78, 5) is 15.3. The lowest BCUT2D eigenvalue weighted by Crippen LogP contribution is -2.42. The van der Waals surface area contributed by atoms with E-state index < -0.39 is 10.0 Å². The van der Waals surface area contributed by atoms with E-state index in [-0.39, 0.29) is 29.8 Å². The zero-order valence-electron chi connectivity index (χ0n) is 22.8. The molecule has 0 radical (unpaired) electrons. The Morgan fingerprint density at radius 3 is 2.25 bits per heavy atom. The van der Waals surface area contributed by atoms with Crippen LogP contribution >= 0.6 is 0 Å². The van der Waals surface area contributed by atoms with Gasteiger partial charge in [0.15, 0.2) is 0 Å². The van der Waals surface area contributed by atoms with E-state index in [4.69, 9.17) is 4.74 Å². The van der Waals surface area contributed by atoms with Crippen LogP contribution in [0, 0.1) is 19.8 Å². The van der Waals surface area contributed by atoms with Gasteiger partial charge in [-0.25, -0.2) is 12.7 Å². The number of rotatable bonds is 11. The van der Waals surface area contributed by atoms with Crippen molar-refractivity contribution in [3.8, 4) is 5.75 Å². The fraction of sp³-hybridized carbons (Fsp3) is 0.741. The summed E-state index contributed by atoms with van der Waals surface area (Å²) in [6.45, 7) is 7.14. The molecule has 1 aliphatic heterocycles. The Labute approximate surface area is 218 Å². The molecule has 36 heavy (non-hydrogen) atoms. The molecular formula is C27H46N4O4S. The van der Waals surface area contributed by atoms with E-state index in [1.807, 2.05) is 0 Å². The molecule has 1 saturated carbocycles. The molecule has 3 rings (SSSR count). The minimum atomic E-state index is -3.69. The molecule has 8 nitrogen and oxygen atoms in total. The zero-order valence-corrected chi connectivity index (χ0v) is 23.6. The van der Waals surface area contributed by atoms with E-state index in [0.717, 1.165) is 38.1 Å². The minimum absolute atomic E-state index is 0.0763. The number of carbonyl (C=O) groups excluding carboxylic acids is 1. The van der Waals surface area contributed by atoms with Gasteiger partial charge in [-0.1, -0.05) is 0 Å². The van der Waals surface area contributed by atoms with Crippen molar-refractivity contribution in [1.29, 1.82) is 0 Å². The molecule has 1 aromatic rings. The van der Waals surface area contributed by atoms with Crippen molar-refractivity contribution < 1.29 is 17.9 Å². The van der Waals surface area contributed by atoms with E-state index in [2.05, 4.69) is 22.6 Å². The molecular weight excluding hydrogens is 476 g/mol. The Morgan fingerprint density at radius 1 is 1.06 bits per heavy atom. The summed E-state index contributed by atoms with van der Waals surface area (Å²) in [6, 6.07) is 4.31. The van der Waals surface area contributed by atoms with Crippen LogP contribution in [0.3, 0.4) is 0 Å². The van der Waals surface area contributed by atoms with Crippen LogP contribution in [0.25, 0.3) is 0 Å². The molecule has 0 bridgehead atoms. The van der Waals surface area contributed by atoms with E-state index in [1.165, 1.54) is 43.7 Å². The molecule has 1 amide bonds. The van der Waals surface area contributed by atoms with Gasteiger partial charge in [-0.3, -0.25) is 4.79 Å². The standard InChI is InChI=1S/C27H46N4O4S/c1-20-18-25(35-5)19-21(2)27(20)36(33,34)31(4)17-13-26(32)29-24-8-6-22(7-9-24)10-14-28-23-11-15-30(3)16-12-23/h18-19,22-24,28H,6-17H2,1-5H3,(H,29,32)/t22-,24+. The van der Waals surface area contributed by atoms with Crippen molar-refractivity contribution in [1.82, 2.24) is 19.8 Å². The number of hydrogen-bond donors (Lipinski definition) is 2. The molecule has 2 N–H and O–H groups in total. The summed E-state index contributed by atoms with van der Waals surface area (Å²) < 4.78 is 32.8. The van der Waals surface area contributed by atoms with Gasteiger partial charge in [0.05, 0.1) is 12.0 Å². The molecule has 0 atom stereocenters. The first-order valence-electron chi connectivity index (χ1n) is 13.4. The van der Waals surface area contributed by atoms with Crippen LogP contribution in [0.2, 0.25) is 0 Å². The summed E-state index contributed by atoms with van der Waals surface area (Å²) in [7, 11) is 1.60. The molecule has 0 aromatic heterocycles. The Morgan fingerprint density at radius 2 is 1.67 bits per heavy atom. The highest BCUT2D eigenvalue weighted by molar-refractivity contribution is 7.89. The maximum atomic E-state index is 13.2. The van der Waals surface area contributed by atoms with Crippen molar-refractivity contribution in [3.05, 3.63) is 23.3 Å². The molecule has 1 aliphatic carbocycles. The van der Waals surface area contributed by atoms with Gasteiger partial charge >= 0.3 is 0 Å². The van der Waals surface area contributed by atoms with Crippen LogP contribution in [-0.2, 0) is 14.8 Å². The Kier molecular flexibility index (Phi) is 10.6. The summed E-state index contributed by atoms with van der Waals surface area (Å²) in [5.41, 5.74) is 1.28. The first-order valence-corrected chi connectivity index (χ1v) is 14.9. The van der Waals surface area contributed by atoms with Crippen LogP contribution < -0.4 is 15.4 Å². The molecule has 0 spiro atoms. The topological polar surface area (TPSA) is 91.0 Å². The average molecular weight is 523 g/mol. The molecule has 204 valence electrons. The zero-order chi connectivity index (χ0) is 26.3. The second-order valence-electron chi connectivity index (χ2n) is 10.8. The van der Waals surface area contributed by atoms with E-state index in [0.29, 0.717) is 22.9 Å². The quantitative estimate of drug-likeness (QED) is 0.464. The van der Waals surface area contributed by atoms with Gasteiger partial charge < -0.3 is 20.3 Å². The molecule has 1 saturated heterocycles. The van der Waals surface area contributed by atoms with Crippen molar-refractivity contribution in [3.63, 3.8) is 0 Å². The van der Waals surface area contributed by atoms with Gasteiger partial charge in [0.2, 0.25) is 15.9 Å². The summed E-state index contributed by atoms with van der Waals surface area (Å²) in [5, 5.41) is 6.88. The second-order valence-corrected chi connectivity index (χ2v) is 12.8. The number of carbonyl (C=O) groups is 1. The number of hydrogen-bond acceptors (Lipinski definition) is 6. The first-order chi connectivity index (χ1) is 17.1. The molecule has 2 fully saturated rings. The number of ether oxygens (including phenoxy) is 1. The Balaban J connectivity index is 1.37. The van der Waals surface area contributed by atoms with Crippen LogP contribution in [0.1, 0.15) is 62.5 Å². The van der Waals surface area contributed by atoms with Crippen LogP contribution in [0.5, 0.6) is 5.75 Å². The van der Waals surface area contributed by atoms with Crippen molar-refractivity contribution in [2.75, 3.05) is 47.4 Å². The van der Waals surface area contributed by atoms with Crippen LogP contribution in [0.15, 0.2) is 17.0 Å². The van der Waals surface area contributed by atoms with Gasteiger partial charge in [0.1, 0.15) is 5.75 Å². The molecule has 9 heteroatoms. The van der Waals surface area contributed by atoms with Gasteiger partial charge in [-0.15, -0.1) is 0 Å². The predicted octanol–water partition coefficient (Wildman–Crippen LogP) is 3.07. The van der Waals surface area contributed by atoms with Crippen molar-refractivity contribution >= 4 is 15.9 Å². The monoisotopic (exact) mass is 522 g/mol. The highest BCUT2D eigenvalue weighted by Gasteiger charge is 2.27. The van der Waals surface area contributed by atoms with Crippen LogP contribution in [0.4, 0.5) is 0 Å². The normalized spacial score (nSPS) is 22.1. The van der Waals surface area contributed by atoms with Gasteiger partial charge in [0, 0.05) is 32.1 Å². The number of nitrogens with one attached hydrogen (secondary N) is 2. The maximum Gasteiger partial charge on any atom is 0.243 e. The lowest BCUT2D eigenvalue weighted by Gasteiger charge is -2.32. The maximum absolute atomic E-state index is 13.2. The summed E-state index contributed by atoms with van der Waals surface area (Å²) >= 11 is 0. The van der Waals surface area contributed by atoms with E-state index in [9.17, 15) is 13.2 Å². The average Bonchev–Trinajstić information content (AvgIpc) is 2.84. The first kappa shape index (κ1) is 28.9. The van der Waals surface area contributed by atoms with Crippen molar-refractivity contribution in [2.45, 2.75) is 82.2 Å². The summed E-state index contributed by atoms with van der Waals surface area (Å²) in [6.07, 6.45) is 8.14. The number of benzene rings is 1. The number of sulfonamides is 1. The number of aryl methyl sites for hydroxylation is 2. The van der Waals surface area contributed by atoms with Crippen LogP contribution in [-0.4, -0.2) is 83.0 Å². The van der Waals surface area contributed by atoms with E-state index >= 15 is 0 Å². The number of likely N-dealkylation sites (tertiary alicyclic amines) is 1. The number of nitrogens with zero attached hydrogens (tertiary/aromatic N) is 2. The molecule has 0 unspecified atom stereocenters. The number of amides is 1. The highest BCUT2D eigenvalue weighted by Crippen LogP contribution is 2.28. The Hall–Kier alpha value is -1.68. The predicted molar refractivity (Wildman–Crippen MR) is 144 cm³/mol. The Bertz CT molecular complexity index is 945. The lowest BCUT2D eigenvalue weighted by atomic mass is 9.84. The fourth-order valence-electron chi connectivity index (χ4n) is 5.57. The highest BCUT2D eigenvalue weighted by atomic mass is 32.2. The van der Waals surface area contributed by atoms with Gasteiger partial charge in [0.25, 0.3) is 0 Å². The minimum Gasteiger partial charge on any atom is -0.497 e. The SMILES string of the molecule is COc1cc(C)c(S(=O)(=O)N(C)CCC(=O)N[C@H]2CC[C@@H](CCNC3CCN(C)CC3)CC2)c(C)c1. The fourth-order valence-corrected chi connectivity index (χ4v) is 7.14. The smallest absolute Gasteiger partial charge is 0.243 e.